The lowest BCUT2D eigenvalue weighted by atomic mass is 10.1. The van der Waals surface area contributed by atoms with Gasteiger partial charge in [-0.2, -0.15) is 0 Å². The van der Waals surface area contributed by atoms with Crippen LogP contribution in [0.2, 0.25) is 10.0 Å². The van der Waals surface area contributed by atoms with Crippen molar-refractivity contribution in [1.82, 2.24) is 5.32 Å². The molecule has 1 N–H and O–H groups in total. The summed E-state index contributed by atoms with van der Waals surface area (Å²) in [5.41, 5.74) is 1.25. The number of amides is 2. The van der Waals surface area contributed by atoms with Crippen molar-refractivity contribution >= 4 is 87.2 Å². The van der Waals surface area contributed by atoms with Gasteiger partial charge in [-0.05, 0) is 79.3 Å². The summed E-state index contributed by atoms with van der Waals surface area (Å²) in [4.78, 5) is 28.9. The number of nitrogens with zero attached hydrogens (tertiary/aromatic N) is 1. The molecule has 1 aliphatic heterocycles. The van der Waals surface area contributed by atoms with Gasteiger partial charge >= 0.3 is 0 Å². The second kappa shape index (κ2) is 9.14. The van der Waals surface area contributed by atoms with Gasteiger partial charge in [0, 0.05) is 19.8 Å². The van der Waals surface area contributed by atoms with Crippen molar-refractivity contribution in [2.75, 3.05) is 4.90 Å². The summed E-state index contributed by atoms with van der Waals surface area (Å²) in [5, 5.41) is 3.82. The number of rotatable bonds is 4. The molecule has 0 atom stereocenters. The first-order chi connectivity index (χ1) is 14.8. The monoisotopic (exact) mass is 504 g/mol. The molecule has 1 aliphatic rings. The molecule has 9 heteroatoms. The van der Waals surface area contributed by atoms with Gasteiger partial charge in [0.25, 0.3) is 11.8 Å². The number of carbonyl (C=O) groups excluding carboxylic acids is 2. The highest BCUT2D eigenvalue weighted by Gasteiger charge is 2.35. The van der Waals surface area contributed by atoms with E-state index in [-0.39, 0.29) is 10.7 Å². The molecule has 1 saturated heterocycles. The van der Waals surface area contributed by atoms with Crippen LogP contribution in [0.4, 0.5) is 5.69 Å². The number of halogens is 2. The van der Waals surface area contributed by atoms with Crippen LogP contribution in [0.15, 0.2) is 69.3 Å². The van der Waals surface area contributed by atoms with Crippen LogP contribution < -0.4 is 10.2 Å². The lowest BCUT2D eigenvalue weighted by Crippen LogP contribution is -2.54. The molecular weight excluding hydrogens is 491 g/mol. The van der Waals surface area contributed by atoms with Gasteiger partial charge in [0.2, 0.25) is 0 Å². The molecular formula is C22H14Cl2N2O2S3. The Morgan fingerprint density at radius 1 is 1.06 bits per heavy atom. The highest BCUT2D eigenvalue weighted by molar-refractivity contribution is 8.01. The van der Waals surface area contributed by atoms with Gasteiger partial charge in [-0.3, -0.25) is 19.8 Å². The maximum absolute atomic E-state index is 13.2. The average Bonchev–Trinajstić information content (AvgIpc) is 3.17. The molecule has 0 saturated carbocycles. The van der Waals surface area contributed by atoms with Crippen LogP contribution >= 0.6 is 58.5 Å². The minimum Gasteiger partial charge on any atom is -0.298 e. The number of benzene rings is 2. The van der Waals surface area contributed by atoms with E-state index in [2.05, 4.69) is 5.32 Å². The zero-order valence-corrected chi connectivity index (χ0v) is 20.0. The quantitative estimate of drug-likeness (QED) is 0.255. The predicted octanol–water partition coefficient (Wildman–Crippen LogP) is 6.35. The van der Waals surface area contributed by atoms with E-state index < -0.39 is 11.8 Å². The molecule has 2 aromatic carbocycles. The van der Waals surface area contributed by atoms with Gasteiger partial charge in [0.15, 0.2) is 5.11 Å². The first kappa shape index (κ1) is 22.0. The minimum absolute atomic E-state index is 0.0119. The lowest BCUT2D eigenvalue weighted by molar-refractivity contribution is -0.122. The normalized spacial score (nSPS) is 15.5. The van der Waals surface area contributed by atoms with Crippen LogP contribution in [0.3, 0.4) is 0 Å². The summed E-state index contributed by atoms with van der Waals surface area (Å²) in [6, 6.07) is 16.6. The summed E-state index contributed by atoms with van der Waals surface area (Å²) in [6.45, 7) is 1.80. The van der Waals surface area contributed by atoms with Gasteiger partial charge in [0.05, 0.1) is 9.90 Å². The molecule has 3 aromatic rings. The number of thiocarbonyl (C=S) groups is 1. The van der Waals surface area contributed by atoms with Gasteiger partial charge in [-0.25, -0.2) is 0 Å². The Morgan fingerprint density at radius 2 is 1.81 bits per heavy atom. The third kappa shape index (κ3) is 4.71. The van der Waals surface area contributed by atoms with E-state index in [9.17, 15) is 9.59 Å². The third-order valence-electron chi connectivity index (χ3n) is 4.50. The Labute approximate surface area is 202 Å². The number of hydrogen-bond donors (Lipinski definition) is 1. The van der Waals surface area contributed by atoms with E-state index in [1.807, 2.05) is 36.4 Å². The topological polar surface area (TPSA) is 49.4 Å². The van der Waals surface area contributed by atoms with E-state index in [1.165, 1.54) is 16.2 Å². The fourth-order valence-corrected chi connectivity index (χ4v) is 5.58. The SMILES string of the molecule is Cc1c(Cl)cccc1N1C(=O)/C(=C/c2ccc(Sc3ccc(Cl)cc3)s2)C(=O)NC1=S. The number of nitrogens with one attached hydrogen (secondary N) is 1. The molecule has 156 valence electrons. The molecule has 0 aliphatic carbocycles. The van der Waals surface area contributed by atoms with Crippen LogP contribution in [-0.2, 0) is 9.59 Å². The second-order valence-electron chi connectivity index (χ2n) is 6.55. The smallest absolute Gasteiger partial charge is 0.270 e. The van der Waals surface area contributed by atoms with Crippen LogP contribution in [0.5, 0.6) is 0 Å². The maximum atomic E-state index is 13.2. The fourth-order valence-electron chi connectivity index (χ4n) is 2.94. The summed E-state index contributed by atoms with van der Waals surface area (Å²) in [5.74, 6) is -1.01. The maximum Gasteiger partial charge on any atom is 0.270 e. The zero-order chi connectivity index (χ0) is 22.1. The molecule has 0 radical (unpaired) electrons. The Morgan fingerprint density at radius 3 is 2.55 bits per heavy atom. The summed E-state index contributed by atoms with van der Waals surface area (Å²) in [7, 11) is 0. The molecule has 1 aromatic heterocycles. The highest BCUT2D eigenvalue weighted by atomic mass is 35.5. The van der Waals surface area contributed by atoms with E-state index in [0.717, 1.165) is 14.0 Å². The van der Waals surface area contributed by atoms with E-state index >= 15 is 0 Å². The molecule has 2 amide bonds. The average molecular weight is 505 g/mol. The van der Waals surface area contributed by atoms with E-state index in [0.29, 0.717) is 21.3 Å². The van der Waals surface area contributed by atoms with Crippen molar-refractivity contribution in [2.45, 2.75) is 16.0 Å². The Balaban J connectivity index is 1.62. The lowest BCUT2D eigenvalue weighted by Gasteiger charge is -2.30. The molecule has 4 nitrogen and oxygen atoms in total. The molecule has 0 bridgehead atoms. The fraction of sp³-hybridized carbons (Fsp3) is 0.0455. The summed E-state index contributed by atoms with van der Waals surface area (Å²) < 4.78 is 1.02. The zero-order valence-electron chi connectivity index (χ0n) is 16.0. The van der Waals surface area contributed by atoms with Gasteiger partial charge in [-0.15, -0.1) is 11.3 Å². The van der Waals surface area contributed by atoms with Crippen molar-refractivity contribution in [1.29, 1.82) is 0 Å². The molecule has 31 heavy (non-hydrogen) atoms. The Hall–Kier alpha value is -2.16. The molecule has 4 rings (SSSR count). The van der Waals surface area contributed by atoms with Crippen LogP contribution in [0, 0.1) is 6.92 Å². The number of thiophene rings is 1. The minimum atomic E-state index is -0.522. The first-order valence-electron chi connectivity index (χ1n) is 9.03. The van der Waals surface area contributed by atoms with E-state index in [1.54, 1.807) is 43.0 Å². The van der Waals surface area contributed by atoms with Gasteiger partial charge < -0.3 is 0 Å². The van der Waals surface area contributed by atoms with Gasteiger partial charge in [0.1, 0.15) is 5.57 Å². The number of carbonyl (C=O) groups is 2. The van der Waals surface area contributed by atoms with Crippen LogP contribution in [-0.4, -0.2) is 16.9 Å². The van der Waals surface area contributed by atoms with Gasteiger partial charge in [-0.1, -0.05) is 41.0 Å². The molecule has 0 spiro atoms. The van der Waals surface area contributed by atoms with Crippen LogP contribution in [0.25, 0.3) is 6.08 Å². The van der Waals surface area contributed by atoms with E-state index in [4.69, 9.17) is 35.4 Å². The first-order valence-corrected chi connectivity index (χ1v) is 11.8. The highest BCUT2D eigenvalue weighted by Crippen LogP contribution is 2.35. The van der Waals surface area contributed by atoms with Crippen molar-refractivity contribution in [3.8, 4) is 0 Å². The molecule has 1 fully saturated rings. The van der Waals surface area contributed by atoms with Crippen molar-refractivity contribution in [3.63, 3.8) is 0 Å². The van der Waals surface area contributed by atoms with Crippen molar-refractivity contribution in [2.24, 2.45) is 0 Å². The largest absolute Gasteiger partial charge is 0.298 e. The Kier molecular flexibility index (Phi) is 6.50. The standard InChI is InChI=1S/C22H14Cl2N2O2S3/c1-12-17(24)3-2-4-18(12)26-21(28)16(20(27)25-22(26)29)11-15-9-10-19(31-15)30-14-7-5-13(23)6-8-14/h2-11H,1H3,(H,25,27,29)/b16-11+. The van der Waals surface area contributed by atoms with Crippen molar-refractivity contribution in [3.05, 3.63) is 80.7 Å². The predicted molar refractivity (Wildman–Crippen MR) is 132 cm³/mol. The molecule has 0 unspecified atom stereocenters. The second-order valence-corrected chi connectivity index (χ2v) is 10.3. The molecule has 2 heterocycles. The summed E-state index contributed by atoms with van der Waals surface area (Å²) in [6.07, 6.45) is 1.59. The summed E-state index contributed by atoms with van der Waals surface area (Å²) >= 11 is 20.5. The number of hydrogen-bond acceptors (Lipinski definition) is 5. The van der Waals surface area contributed by atoms with Crippen molar-refractivity contribution < 1.29 is 9.59 Å². The third-order valence-corrected chi connectivity index (χ3v) is 7.62. The Bertz CT molecular complexity index is 1240. The number of anilines is 1. The van der Waals surface area contributed by atoms with Crippen LogP contribution in [0.1, 0.15) is 10.4 Å².